The van der Waals surface area contributed by atoms with Crippen molar-refractivity contribution in [1.29, 1.82) is 0 Å². The van der Waals surface area contributed by atoms with Gasteiger partial charge >= 0.3 is 0 Å². The van der Waals surface area contributed by atoms with Crippen LogP contribution in [0.4, 0.5) is 0 Å². The van der Waals surface area contributed by atoms with E-state index in [-0.39, 0.29) is 6.04 Å². The van der Waals surface area contributed by atoms with E-state index >= 15 is 0 Å². The number of methoxy groups -OCH3 is 1. The van der Waals surface area contributed by atoms with Crippen molar-refractivity contribution in [2.75, 3.05) is 7.11 Å². The van der Waals surface area contributed by atoms with E-state index < -0.39 is 0 Å². The highest BCUT2D eigenvalue weighted by Crippen LogP contribution is 2.30. The van der Waals surface area contributed by atoms with E-state index in [0.29, 0.717) is 0 Å². The average molecular weight is 274 g/mol. The van der Waals surface area contributed by atoms with Crippen LogP contribution in [-0.2, 0) is 13.0 Å². The van der Waals surface area contributed by atoms with Gasteiger partial charge in [0.15, 0.2) is 5.75 Å². The number of aromatic nitrogens is 3. The second-order valence-corrected chi connectivity index (χ2v) is 4.73. The number of hydrogen-bond donors (Lipinski definition) is 1. The molecule has 0 fully saturated rings. The van der Waals surface area contributed by atoms with Crippen LogP contribution in [0.2, 0.25) is 0 Å². The van der Waals surface area contributed by atoms with Crippen LogP contribution in [0.25, 0.3) is 0 Å². The van der Waals surface area contributed by atoms with Gasteiger partial charge in [-0.3, -0.25) is 9.67 Å². The Kier molecular flexibility index (Phi) is 4.74. The third-order valence-electron chi connectivity index (χ3n) is 3.45. The second kappa shape index (κ2) is 6.52. The lowest BCUT2D eigenvalue weighted by atomic mass is 9.98. The fourth-order valence-electron chi connectivity index (χ4n) is 2.42. The van der Waals surface area contributed by atoms with Crippen LogP contribution >= 0.6 is 0 Å². The topological polar surface area (TPSA) is 66.0 Å². The van der Waals surface area contributed by atoms with E-state index in [9.17, 15) is 0 Å². The van der Waals surface area contributed by atoms with Crippen molar-refractivity contribution in [3.8, 4) is 5.75 Å². The summed E-state index contributed by atoms with van der Waals surface area (Å²) in [5.74, 6) is 0.741. The molecule has 0 amide bonds. The number of hydrogen-bond acceptors (Lipinski definition) is 4. The molecule has 0 radical (unpaired) electrons. The summed E-state index contributed by atoms with van der Waals surface area (Å²) in [6, 6.07) is 1.73. The van der Waals surface area contributed by atoms with Crippen molar-refractivity contribution in [1.82, 2.24) is 14.8 Å². The standard InChI is InChI=1S/C15H22N4O/c1-4-8-19-15(13(20-3)10-18-19)14(16)12-6-7-17-9-11(12)5-2/h6-7,9-10,14H,4-5,8,16H2,1-3H3. The van der Waals surface area contributed by atoms with Crippen LogP contribution in [0.1, 0.15) is 43.1 Å². The van der Waals surface area contributed by atoms with Crippen molar-refractivity contribution in [2.45, 2.75) is 39.3 Å². The molecule has 0 aromatic carbocycles. The molecule has 0 aliphatic carbocycles. The summed E-state index contributed by atoms with van der Waals surface area (Å²) in [5.41, 5.74) is 9.64. The molecule has 1 atom stereocenters. The Morgan fingerprint density at radius 2 is 2.15 bits per heavy atom. The van der Waals surface area contributed by atoms with Crippen molar-refractivity contribution in [3.05, 3.63) is 41.5 Å². The third kappa shape index (κ3) is 2.67. The van der Waals surface area contributed by atoms with E-state index in [4.69, 9.17) is 10.5 Å². The van der Waals surface area contributed by atoms with Gasteiger partial charge in [0, 0.05) is 18.9 Å². The molecule has 20 heavy (non-hydrogen) atoms. The number of ether oxygens (including phenoxy) is 1. The molecule has 0 bridgehead atoms. The van der Waals surface area contributed by atoms with Gasteiger partial charge < -0.3 is 10.5 Å². The lowest BCUT2D eigenvalue weighted by Gasteiger charge is -2.18. The van der Waals surface area contributed by atoms with E-state index in [1.807, 2.05) is 16.9 Å². The Bertz CT molecular complexity index is 565. The SMILES string of the molecule is CCCn1ncc(OC)c1C(N)c1ccncc1CC. The number of nitrogens with zero attached hydrogens (tertiary/aromatic N) is 3. The Balaban J connectivity index is 2.46. The molecule has 5 nitrogen and oxygen atoms in total. The summed E-state index contributed by atoms with van der Waals surface area (Å²) >= 11 is 0. The molecule has 0 aliphatic heterocycles. The van der Waals surface area contributed by atoms with E-state index in [1.54, 1.807) is 19.5 Å². The molecule has 0 spiro atoms. The first-order chi connectivity index (χ1) is 9.72. The molecule has 108 valence electrons. The minimum absolute atomic E-state index is 0.253. The summed E-state index contributed by atoms with van der Waals surface area (Å²) in [6.07, 6.45) is 7.30. The Morgan fingerprint density at radius 1 is 1.35 bits per heavy atom. The van der Waals surface area contributed by atoms with Crippen LogP contribution in [0.5, 0.6) is 5.75 Å². The zero-order valence-corrected chi connectivity index (χ0v) is 12.3. The quantitative estimate of drug-likeness (QED) is 0.877. The minimum atomic E-state index is -0.253. The maximum Gasteiger partial charge on any atom is 0.161 e. The second-order valence-electron chi connectivity index (χ2n) is 4.73. The maximum absolute atomic E-state index is 6.48. The van der Waals surface area contributed by atoms with Crippen molar-refractivity contribution in [2.24, 2.45) is 5.73 Å². The number of pyridine rings is 1. The lowest BCUT2D eigenvalue weighted by Crippen LogP contribution is -2.20. The molecule has 0 saturated heterocycles. The molecule has 0 aliphatic rings. The largest absolute Gasteiger partial charge is 0.493 e. The summed E-state index contributed by atoms with van der Waals surface area (Å²) in [6.45, 7) is 5.06. The highest BCUT2D eigenvalue weighted by molar-refractivity contribution is 5.38. The number of nitrogens with two attached hydrogens (primary N) is 1. The molecular formula is C15H22N4O. The van der Waals surface area contributed by atoms with Gasteiger partial charge in [0.25, 0.3) is 0 Å². The average Bonchev–Trinajstić information content (AvgIpc) is 2.89. The smallest absolute Gasteiger partial charge is 0.161 e. The molecule has 0 saturated carbocycles. The molecule has 5 heteroatoms. The predicted octanol–water partition coefficient (Wildman–Crippen LogP) is 2.31. The van der Waals surface area contributed by atoms with Crippen LogP contribution in [0, 0.1) is 0 Å². The highest BCUT2D eigenvalue weighted by Gasteiger charge is 2.21. The van der Waals surface area contributed by atoms with Gasteiger partial charge in [-0.25, -0.2) is 0 Å². The summed E-state index contributed by atoms with van der Waals surface area (Å²) in [7, 11) is 1.65. The Morgan fingerprint density at radius 3 is 2.80 bits per heavy atom. The van der Waals surface area contributed by atoms with Crippen LogP contribution in [0.15, 0.2) is 24.7 Å². The van der Waals surface area contributed by atoms with Crippen LogP contribution < -0.4 is 10.5 Å². The van der Waals surface area contributed by atoms with Gasteiger partial charge in [0.1, 0.15) is 5.69 Å². The first-order valence-corrected chi connectivity index (χ1v) is 7.00. The minimum Gasteiger partial charge on any atom is -0.493 e. The molecule has 2 N–H and O–H groups in total. The normalized spacial score (nSPS) is 12.4. The highest BCUT2D eigenvalue weighted by atomic mass is 16.5. The first kappa shape index (κ1) is 14.5. The zero-order chi connectivity index (χ0) is 14.5. The van der Waals surface area contributed by atoms with Crippen LogP contribution in [-0.4, -0.2) is 21.9 Å². The fraction of sp³-hybridized carbons (Fsp3) is 0.467. The molecule has 2 heterocycles. The molecule has 1 unspecified atom stereocenters. The Hall–Kier alpha value is -1.88. The van der Waals surface area contributed by atoms with Gasteiger partial charge in [-0.2, -0.15) is 5.10 Å². The summed E-state index contributed by atoms with van der Waals surface area (Å²) in [4.78, 5) is 4.17. The van der Waals surface area contributed by atoms with Gasteiger partial charge in [-0.15, -0.1) is 0 Å². The van der Waals surface area contributed by atoms with Crippen LogP contribution in [0.3, 0.4) is 0 Å². The fourth-order valence-corrected chi connectivity index (χ4v) is 2.42. The van der Waals surface area contributed by atoms with Crippen molar-refractivity contribution < 1.29 is 4.74 Å². The molecule has 2 aromatic heterocycles. The van der Waals surface area contributed by atoms with Gasteiger partial charge in [-0.05, 0) is 30.0 Å². The van der Waals surface area contributed by atoms with E-state index in [0.717, 1.165) is 42.0 Å². The molecule has 2 rings (SSSR count). The monoisotopic (exact) mass is 274 g/mol. The van der Waals surface area contributed by atoms with Gasteiger partial charge in [0.05, 0.1) is 19.3 Å². The predicted molar refractivity (Wildman–Crippen MR) is 78.7 cm³/mol. The summed E-state index contributed by atoms with van der Waals surface area (Å²) in [5, 5.41) is 4.37. The lowest BCUT2D eigenvalue weighted by molar-refractivity contribution is 0.403. The van der Waals surface area contributed by atoms with Gasteiger partial charge in [0.2, 0.25) is 0 Å². The van der Waals surface area contributed by atoms with E-state index in [2.05, 4.69) is 23.9 Å². The third-order valence-corrected chi connectivity index (χ3v) is 3.45. The van der Waals surface area contributed by atoms with Crippen molar-refractivity contribution >= 4 is 0 Å². The first-order valence-electron chi connectivity index (χ1n) is 7.00. The Labute approximate surface area is 119 Å². The number of rotatable bonds is 6. The van der Waals surface area contributed by atoms with E-state index in [1.165, 1.54) is 0 Å². The maximum atomic E-state index is 6.48. The molecular weight excluding hydrogens is 252 g/mol. The molecule has 2 aromatic rings. The summed E-state index contributed by atoms with van der Waals surface area (Å²) < 4.78 is 7.34. The van der Waals surface area contributed by atoms with Gasteiger partial charge in [-0.1, -0.05) is 13.8 Å². The number of aryl methyl sites for hydroxylation is 2. The van der Waals surface area contributed by atoms with Crippen molar-refractivity contribution in [3.63, 3.8) is 0 Å². The zero-order valence-electron chi connectivity index (χ0n) is 12.3.